The number of rotatable bonds is 6. The first-order valence-corrected chi connectivity index (χ1v) is 14.7. The van der Waals surface area contributed by atoms with Gasteiger partial charge in [0.05, 0.1) is 11.4 Å². The lowest BCUT2D eigenvalue weighted by Gasteiger charge is -2.27. The van der Waals surface area contributed by atoms with Crippen LogP contribution in [0.25, 0.3) is 11.1 Å². The van der Waals surface area contributed by atoms with Crippen LogP contribution in [0.4, 0.5) is 4.79 Å². The molecule has 3 atom stereocenters. The van der Waals surface area contributed by atoms with E-state index in [-0.39, 0.29) is 28.9 Å². The Kier molecular flexibility index (Phi) is 8.25. The standard InChI is InChI=1S/C31H34BrNO8/c1-31(2,3)41-30(37)33-13-17(14-38-4)9-25(33)29(36)40-16-26(34)19-5-7-21-20(10-19)15-39-27-12-22-18(11-23(21)27)6-8-24(32)28(22)35/h5,7,10-12,17,24-25H,6,8-9,13-16H2,1-4H3. The molecular weight excluding hydrogens is 594 g/mol. The molecular formula is C31H34BrNO8. The highest BCUT2D eigenvalue weighted by Crippen LogP contribution is 2.41. The van der Waals surface area contributed by atoms with E-state index in [0.29, 0.717) is 36.4 Å². The van der Waals surface area contributed by atoms with Crippen molar-refractivity contribution in [2.75, 3.05) is 26.9 Å². The summed E-state index contributed by atoms with van der Waals surface area (Å²) in [7, 11) is 1.57. The Morgan fingerprint density at radius 2 is 1.85 bits per heavy atom. The van der Waals surface area contributed by atoms with Crippen LogP contribution in [0.3, 0.4) is 0 Å². The van der Waals surface area contributed by atoms with Crippen molar-refractivity contribution in [3.63, 3.8) is 0 Å². The topological polar surface area (TPSA) is 108 Å². The van der Waals surface area contributed by atoms with Gasteiger partial charge < -0.3 is 18.9 Å². The largest absolute Gasteiger partial charge is 0.488 e. The third-order valence-electron chi connectivity index (χ3n) is 7.56. The molecule has 0 bridgehead atoms. The number of halogens is 1. The van der Waals surface area contributed by atoms with Gasteiger partial charge in [0.15, 0.2) is 18.2 Å². The highest BCUT2D eigenvalue weighted by atomic mass is 79.9. The Balaban J connectivity index is 1.27. The second-order valence-electron chi connectivity index (χ2n) is 11.8. The van der Waals surface area contributed by atoms with Crippen LogP contribution in [0.15, 0.2) is 30.3 Å². The van der Waals surface area contributed by atoms with E-state index < -0.39 is 30.3 Å². The summed E-state index contributed by atoms with van der Waals surface area (Å²) in [6, 6.07) is 8.31. The van der Waals surface area contributed by atoms with Crippen LogP contribution in [-0.2, 0) is 32.0 Å². The number of aryl methyl sites for hydroxylation is 1. The Labute approximate surface area is 247 Å². The average Bonchev–Trinajstić information content (AvgIpc) is 3.36. The summed E-state index contributed by atoms with van der Waals surface area (Å²) in [5, 5.41) is 0. The van der Waals surface area contributed by atoms with Crippen LogP contribution in [0.2, 0.25) is 0 Å². The van der Waals surface area contributed by atoms with Crippen molar-refractivity contribution in [1.29, 1.82) is 0 Å². The molecule has 10 heteroatoms. The fourth-order valence-electron chi connectivity index (χ4n) is 5.62. The minimum absolute atomic E-state index is 0.0473. The number of likely N-dealkylation sites (tertiary alicyclic amines) is 1. The molecule has 0 saturated carbocycles. The molecule has 0 spiro atoms. The fourth-order valence-corrected chi connectivity index (χ4v) is 6.09. The first-order valence-electron chi connectivity index (χ1n) is 13.7. The van der Waals surface area contributed by atoms with Gasteiger partial charge in [-0.3, -0.25) is 14.5 Å². The minimum atomic E-state index is -0.858. The number of alkyl halides is 1. The number of ketones is 2. The third-order valence-corrected chi connectivity index (χ3v) is 8.43. The number of fused-ring (bicyclic) bond motifs is 4. The van der Waals surface area contributed by atoms with Crippen LogP contribution in [0.5, 0.6) is 5.75 Å². The van der Waals surface area contributed by atoms with Crippen molar-refractivity contribution in [3.05, 3.63) is 52.6 Å². The maximum Gasteiger partial charge on any atom is 0.411 e. The lowest BCUT2D eigenvalue weighted by Crippen LogP contribution is -2.44. The highest BCUT2D eigenvalue weighted by Gasteiger charge is 2.42. The van der Waals surface area contributed by atoms with Gasteiger partial charge in [-0.05, 0) is 74.9 Å². The van der Waals surface area contributed by atoms with Crippen molar-refractivity contribution in [2.24, 2.45) is 5.92 Å². The normalized spacial score (nSPS) is 21.3. The molecule has 5 rings (SSSR count). The van der Waals surface area contributed by atoms with E-state index in [2.05, 4.69) is 15.9 Å². The molecule has 1 saturated heterocycles. The third kappa shape index (κ3) is 6.18. The number of Topliss-reactive ketones (excluding diaryl/α,β-unsaturated/α-hetero) is 2. The van der Waals surface area contributed by atoms with Gasteiger partial charge in [0, 0.05) is 36.3 Å². The first-order chi connectivity index (χ1) is 19.4. The van der Waals surface area contributed by atoms with Crippen molar-refractivity contribution >= 4 is 39.6 Å². The van der Waals surface area contributed by atoms with Gasteiger partial charge in [0.2, 0.25) is 0 Å². The maximum atomic E-state index is 13.0. The molecule has 2 aliphatic heterocycles. The van der Waals surface area contributed by atoms with Gasteiger partial charge in [0.25, 0.3) is 0 Å². The van der Waals surface area contributed by atoms with Crippen LogP contribution in [-0.4, -0.2) is 71.9 Å². The number of amides is 1. The number of carbonyl (C=O) groups excluding carboxylic acids is 4. The maximum absolute atomic E-state index is 13.0. The first kappa shape index (κ1) is 29.3. The van der Waals surface area contributed by atoms with E-state index >= 15 is 0 Å². The van der Waals surface area contributed by atoms with E-state index in [0.717, 1.165) is 35.1 Å². The molecule has 2 aromatic rings. The molecule has 1 fully saturated rings. The van der Waals surface area contributed by atoms with Crippen molar-refractivity contribution in [3.8, 4) is 16.9 Å². The monoisotopic (exact) mass is 627 g/mol. The average molecular weight is 629 g/mol. The predicted molar refractivity (Wildman–Crippen MR) is 154 cm³/mol. The van der Waals surface area contributed by atoms with Gasteiger partial charge in [0.1, 0.15) is 24.0 Å². The molecule has 41 heavy (non-hydrogen) atoms. The predicted octanol–water partition coefficient (Wildman–Crippen LogP) is 5.14. The van der Waals surface area contributed by atoms with Crippen molar-refractivity contribution in [1.82, 2.24) is 4.90 Å². The molecule has 1 amide bonds. The van der Waals surface area contributed by atoms with E-state index in [4.69, 9.17) is 18.9 Å². The fraction of sp³-hybridized carbons (Fsp3) is 0.484. The molecule has 0 radical (unpaired) electrons. The number of hydrogen-bond acceptors (Lipinski definition) is 8. The number of ether oxygens (including phenoxy) is 4. The summed E-state index contributed by atoms with van der Waals surface area (Å²) < 4.78 is 22.1. The quantitative estimate of drug-likeness (QED) is 0.246. The lowest BCUT2D eigenvalue weighted by atomic mass is 9.85. The Morgan fingerprint density at radius 1 is 1.07 bits per heavy atom. The number of hydrogen-bond donors (Lipinski definition) is 0. The molecule has 3 aliphatic rings. The Bertz CT molecular complexity index is 1400. The number of carbonyl (C=O) groups is 4. The summed E-state index contributed by atoms with van der Waals surface area (Å²) in [6.45, 7) is 5.77. The van der Waals surface area contributed by atoms with Crippen LogP contribution in [0.1, 0.15) is 65.5 Å². The van der Waals surface area contributed by atoms with E-state index in [1.807, 2.05) is 18.2 Å². The number of methoxy groups -OCH3 is 1. The molecule has 3 unspecified atom stereocenters. The molecule has 0 N–H and O–H groups in total. The SMILES string of the molecule is COCC1CC(C(=O)OCC(=O)c2ccc3c(c2)COc2cc4c(cc2-3)CCC(Br)C4=O)N(C(=O)OC(C)(C)C)C1. The van der Waals surface area contributed by atoms with E-state index in [1.165, 1.54) is 4.90 Å². The zero-order valence-electron chi connectivity index (χ0n) is 23.7. The van der Waals surface area contributed by atoms with Gasteiger partial charge in [-0.1, -0.05) is 28.1 Å². The van der Waals surface area contributed by atoms with Gasteiger partial charge >= 0.3 is 12.1 Å². The van der Waals surface area contributed by atoms with Gasteiger partial charge in [-0.15, -0.1) is 0 Å². The number of benzene rings is 2. The lowest BCUT2D eigenvalue weighted by molar-refractivity contribution is -0.147. The van der Waals surface area contributed by atoms with Crippen LogP contribution in [0, 0.1) is 5.92 Å². The minimum Gasteiger partial charge on any atom is -0.488 e. The Morgan fingerprint density at radius 3 is 2.59 bits per heavy atom. The van der Waals surface area contributed by atoms with Crippen molar-refractivity contribution < 1.29 is 38.1 Å². The zero-order chi connectivity index (χ0) is 29.5. The van der Waals surface area contributed by atoms with Crippen LogP contribution >= 0.6 is 15.9 Å². The second-order valence-corrected chi connectivity index (χ2v) is 12.9. The van der Waals surface area contributed by atoms with Gasteiger partial charge in [-0.2, -0.15) is 0 Å². The van der Waals surface area contributed by atoms with Crippen LogP contribution < -0.4 is 4.74 Å². The zero-order valence-corrected chi connectivity index (χ0v) is 25.2. The number of esters is 1. The highest BCUT2D eigenvalue weighted by molar-refractivity contribution is 9.10. The molecule has 2 aromatic carbocycles. The smallest absolute Gasteiger partial charge is 0.411 e. The summed E-state index contributed by atoms with van der Waals surface area (Å²) in [4.78, 5) is 52.6. The number of nitrogens with zero attached hydrogens (tertiary/aromatic N) is 1. The Hall–Kier alpha value is -3.24. The summed E-state index contributed by atoms with van der Waals surface area (Å²) in [5.74, 6) is -0.337. The second kappa shape index (κ2) is 11.6. The molecule has 1 aliphatic carbocycles. The molecule has 2 heterocycles. The summed E-state index contributed by atoms with van der Waals surface area (Å²) in [5.41, 5.74) is 4.04. The van der Waals surface area contributed by atoms with Crippen molar-refractivity contribution in [2.45, 2.75) is 63.1 Å². The van der Waals surface area contributed by atoms with E-state index in [1.54, 1.807) is 40.0 Å². The molecule has 9 nitrogen and oxygen atoms in total. The summed E-state index contributed by atoms with van der Waals surface area (Å²) in [6.07, 6.45) is 1.30. The van der Waals surface area contributed by atoms with Gasteiger partial charge in [-0.25, -0.2) is 9.59 Å². The molecule has 218 valence electrons. The molecule has 0 aromatic heterocycles. The van der Waals surface area contributed by atoms with E-state index in [9.17, 15) is 19.2 Å². The summed E-state index contributed by atoms with van der Waals surface area (Å²) >= 11 is 3.45.